The fourth-order valence-electron chi connectivity index (χ4n) is 1.70. The number of nitrogens with one attached hydrogen (secondary N) is 1. The first kappa shape index (κ1) is 9.40. The van der Waals surface area contributed by atoms with Crippen LogP contribution in [0.2, 0.25) is 0 Å². The largest absolute Gasteiger partial charge is 0.354 e. The van der Waals surface area contributed by atoms with E-state index in [4.69, 9.17) is 5.73 Å². The lowest BCUT2D eigenvalue weighted by atomic mass is 10.3. The average Bonchev–Trinajstić information content (AvgIpc) is 2.65. The first-order chi connectivity index (χ1) is 6.90. The number of rotatable bonds is 4. The molecule has 1 aliphatic rings. The van der Waals surface area contributed by atoms with Crippen LogP contribution in [0.5, 0.6) is 0 Å². The molecule has 2 rings (SSSR count). The molecule has 0 fully saturated rings. The molecule has 4 nitrogen and oxygen atoms in total. The molecule has 76 valence electrons. The van der Waals surface area contributed by atoms with Crippen LogP contribution in [0, 0.1) is 0 Å². The van der Waals surface area contributed by atoms with E-state index in [2.05, 4.69) is 15.3 Å². The van der Waals surface area contributed by atoms with Crippen LogP contribution in [0.4, 0.5) is 5.95 Å². The predicted molar refractivity (Wildman–Crippen MR) is 56.2 cm³/mol. The lowest BCUT2D eigenvalue weighted by molar-refractivity contribution is 0.859. The summed E-state index contributed by atoms with van der Waals surface area (Å²) in [5.74, 6) is 0.749. The zero-order valence-electron chi connectivity index (χ0n) is 8.29. The van der Waals surface area contributed by atoms with Crippen LogP contribution in [0.1, 0.15) is 24.1 Å². The fourth-order valence-corrected chi connectivity index (χ4v) is 1.70. The zero-order valence-corrected chi connectivity index (χ0v) is 8.29. The van der Waals surface area contributed by atoms with Crippen molar-refractivity contribution >= 4 is 5.95 Å². The summed E-state index contributed by atoms with van der Waals surface area (Å²) in [5, 5.41) is 3.17. The Morgan fingerprint density at radius 2 is 2.36 bits per heavy atom. The summed E-state index contributed by atoms with van der Waals surface area (Å²) in [6.45, 7) is 1.56. The monoisotopic (exact) mass is 192 g/mol. The number of nitrogens with two attached hydrogens (primary N) is 1. The van der Waals surface area contributed by atoms with Gasteiger partial charge in [0.2, 0.25) is 5.95 Å². The van der Waals surface area contributed by atoms with E-state index in [1.54, 1.807) is 0 Å². The normalized spacial score (nSPS) is 14.1. The second kappa shape index (κ2) is 4.37. The highest BCUT2D eigenvalue weighted by Crippen LogP contribution is 2.19. The highest BCUT2D eigenvalue weighted by molar-refractivity contribution is 5.31. The molecular formula is C10H16N4. The summed E-state index contributed by atoms with van der Waals surface area (Å²) in [5.41, 5.74) is 7.93. The molecule has 14 heavy (non-hydrogen) atoms. The summed E-state index contributed by atoms with van der Waals surface area (Å²) in [4.78, 5) is 8.72. The lowest BCUT2D eigenvalue weighted by Crippen LogP contribution is -2.11. The van der Waals surface area contributed by atoms with E-state index in [1.807, 2.05) is 6.20 Å². The minimum atomic E-state index is 0.706. The second-order valence-electron chi connectivity index (χ2n) is 3.59. The van der Waals surface area contributed by atoms with Gasteiger partial charge < -0.3 is 11.1 Å². The first-order valence-corrected chi connectivity index (χ1v) is 5.19. The minimum absolute atomic E-state index is 0.706. The molecule has 1 aromatic rings. The molecule has 0 unspecified atom stereocenters. The molecule has 1 heterocycles. The number of aromatic nitrogens is 2. The van der Waals surface area contributed by atoms with Gasteiger partial charge in [-0.3, -0.25) is 0 Å². The molecule has 0 amide bonds. The summed E-state index contributed by atoms with van der Waals surface area (Å²) < 4.78 is 0. The van der Waals surface area contributed by atoms with Gasteiger partial charge >= 0.3 is 0 Å². The predicted octanol–water partition coefficient (Wildman–Crippen LogP) is 0.726. The van der Waals surface area contributed by atoms with Crippen molar-refractivity contribution in [2.24, 2.45) is 5.73 Å². The molecule has 0 aromatic carbocycles. The molecule has 0 spiro atoms. The van der Waals surface area contributed by atoms with Crippen molar-refractivity contribution in [3.63, 3.8) is 0 Å². The standard InChI is InChI=1S/C10H16N4/c11-5-2-6-12-10-13-7-8-3-1-4-9(8)14-10/h7H,1-6,11H2,(H,12,13,14). The third-order valence-electron chi connectivity index (χ3n) is 2.48. The van der Waals surface area contributed by atoms with Crippen LogP contribution in [0.15, 0.2) is 6.20 Å². The molecule has 4 heteroatoms. The third kappa shape index (κ3) is 2.01. The Labute approximate surface area is 83.9 Å². The van der Waals surface area contributed by atoms with Crippen LogP contribution in [-0.2, 0) is 12.8 Å². The van der Waals surface area contributed by atoms with Crippen LogP contribution in [-0.4, -0.2) is 23.1 Å². The Bertz CT molecular complexity index is 311. The SMILES string of the molecule is NCCCNc1ncc2c(n1)CCC2. The van der Waals surface area contributed by atoms with Crippen LogP contribution >= 0.6 is 0 Å². The van der Waals surface area contributed by atoms with Crippen LogP contribution in [0.3, 0.4) is 0 Å². The molecule has 3 N–H and O–H groups in total. The van der Waals surface area contributed by atoms with E-state index in [9.17, 15) is 0 Å². The summed E-state index contributed by atoms with van der Waals surface area (Å²) in [6.07, 6.45) is 6.36. The van der Waals surface area contributed by atoms with Gasteiger partial charge in [-0.25, -0.2) is 9.97 Å². The summed E-state index contributed by atoms with van der Waals surface area (Å²) in [7, 11) is 0. The van der Waals surface area contributed by atoms with Gasteiger partial charge in [0, 0.05) is 18.4 Å². The molecule has 0 aliphatic heterocycles. The number of fused-ring (bicyclic) bond motifs is 1. The van der Waals surface area contributed by atoms with Gasteiger partial charge in [0.15, 0.2) is 0 Å². The Hall–Kier alpha value is -1.16. The van der Waals surface area contributed by atoms with Crippen LogP contribution in [0.25, 0.3) is 0 Å². The molecule has 0 bridgehead atoms. The van der Waals surface area contributed by atoms with Crippen molar-refractivity contribution < 1.29 is 0 Å². The molecule has 0 radical (unpaired) electrons. The average molecular weight is 192 g/mol. The van der Waals surface area contributed by atoms with E-state index in [0.717, 1.165) is 31.8 Å². The Morgan fingerprint density at radius 1 is 1.43 bits per heavy atom. The minimum Gasteiger partial charge on any atom is -0.354 e. The third-order valence-corrected chi connectivity index (χ3v) is 2.48. The van der Waals surface area contributed by atoms with Gasteiger partial charge in [-0.1, -0.05) is 0 Å². The molecule has 0 saturated heterocycles. The van der Waals surface area contributed by atoms with E-state index in [0.29, 0.717) is 6.54 Å². The number of hydrogen-bond donors (Lipinski definition) is 2. The summed E-state index contributed by atoms with van der Waals surface area (Å²) >= 11 is 0. The second-order valence-corrected chi connectivity index (χ2v) is 3.59. The highest BCUT2D eigenvalue weighted by atomic mass is 15.1. The van der Waals surface area contributed by atoms with Crippen molar-refractivity contribution in [3.8, 4) is 0 Å². The van der Waals surface area contributed by atoms with E-state index in [-0.39, 0.29) is 0 Å². The van der Waals surface area contributed by atoms with Crippen molar-refractivity contribution in [2.75, 3.05) is 18.4 Å². The van der Waals surface area contributed by atoms with Gasteiger partial charge in [0.1, 0.15) is 0 Å². The number of nitrogens with zero attached hydrogens (tertiary/aromatic N) is 2. The van der Waals surface area contributed by atoms with Gasteiger partial charge in [-0.2, -0.15) is 0 Å². The Kier molecular flexibility index (Phi) is 2.93. The first-order valence-electron chi connectivity index (χ1n) is 5.19. The maximum Gasteiger partial charge on any atom is 0.222 e. The lowest BCUT2D eigenvalue weighted by Gasteiger charge is -2.04. The number of hydrogen-bond acceptors (Lipinski definition) is 4. The van der Waals surface area contributed by atoms with Crippen molar-refractivity contribution in [1.29, 1.82) is 0 Å². The fraction of sp³-hybridized carbons (Fsp3) is 0.600. The summed E-state index contributed by atoms with van der Waals surface area (Å²) in [6, 6.07) is 0. The van der Waals surface area contributed by atoms with E-state index >= 15 is 0 Å². The smallest absolute Gasteiger partial charge is 0.222 e. The molecule has 1 aliphatic carbocycles. The number of aryl methyl sites for hydroxylation is 2. The molecule has 1 aromatic heterocycles. The van der Waals surface area contributed by atoms with E-state index in [1.165, 1.54) is 17.7 Å². The maximum absolute atomic E-state index is 5.40. The Balaban J connectivity index is 1.98. The molecular weight excluding hydrogens is 176 g/mol. The van der Waals surface area contributed by atoms with Crippen LogP contribution < -0.4 is 11.1 Å². The van der Waals surface area contributed by atoms with Crippen molar-refractivity contribution in [1.82, 2.24) is 9.97 Å². The van der Waals surface area contributed by atoms with Crippen molar-refractivity contribution in [3.05, 3.63) is 17.5 Å². The quantitative estimate of drug-likeness (QED) is 0.690. The van der Waals surface area contributed by atoms with Crippen molar-refractivity contribution in [2.45, 2.75) is 25.7 Å². The number of anilines is 1. The van der Waals surface area contributed by atoms with Gasteiger partial charge in [-0.15, -0.1) is 0 Å². The van der Waals surface area contributed by atoms with E-state index < -0.39 is 0 Å². The molecule has 0 saturated carbocycles. The van der Waals surface area contributed by atoms with Gasteiger partial charge in [0.05, 0.1) is 0 Å². The molecule has 0 atom stereocenters. The highest BCUT2D eigenvalue weighted by Gasteiger charge is 2.12. The zero-order chi connectivity index (χ0) is 9.80. The van der Waals surface area contributed by atoms with Gasteiger partial charge in [-0.05, 0) is 37.8 Å². The maximum atomic E-state index is 5.40. The topological polar surface area (TPSA) is 63.8 Å². The van der Waals surface area contributed by atoms with Gasteiger partial charge in [0.25, 0.3) is 0 Å². The Morgan fingerprint density at radius 3 is 3.21 bits per heavy atom.